The predicted molar refractivity (Wildman–Crippen MR) is 189 cm³/mol. The number of rotatable bonds is 7. The number of halogens is 2. The van der Waals surface area contributed by atoms with E-state index >= 15 is 4.39 Å². The van der Waals surface area contributed by atoms with E-state index in [2.05, 4.69) is 58.2 Å². The van der Waals surface area contributed by atoms with Crippen molar-refractivity contribution in [3.8, 4) is 5.95 Å². The molecule has 47 heavy (non-hydrogen) atoms. The summed E-state index contributed by atoms with van der Waals surface area (Å²) in [5.41, 5.74) is 3.70. The van der Waals surface area contributed by atoms with Crippen molar-refractivity contribution in [3.63, 3.8) is 0 Å². The van der Waals surface area contributed by atoms with Gasteiger partial charge in [-0.05, 0) is 67.6 Å². The van der Waals surface area contributed by atoms with Crippen molar-refractivity contribution < 1.29 is 12.8 Å². The van der Waals surface area contributed by atoms with E-state index in [1.54, 1.807) is 25.3 Å². The third kappa shape index (κ3) is 5.86. The van der Waals surface area contributed by atoms with Crippen molar-refractivity contribution >= 4 is 81.0 Å². The molecule has 1 aliphatic heterocycles. The first-order chi connectivity index (χ1) is 22.6. The van der Waals surface area contributed by atoms with Gasteiger partial charge in [-0.3, -0.25) is 9.29 Å². The molecular formula is C33H31ClFN8O2PS. The van der Waals surface area contributed by atoms with E-state index in [9.17, 15) is 8.42 Å². The minimum Gasteiger partial charge on any atom is -0.371 e. The van der Waals surface area contributed by atoms with Crippen LogP contribution in [0.1, 0.15) is 25.3 Å². The maximum atomic E-state index is 15.3. The van der Waals surface area contributed by atoms with Crippen molar-refractivity contribution in [3.05, 3.63) is 89.7 Å². The molecule has 3 aromatic carbocycles. The number of nitrogens with one attached hydrogen (secondary N) is 2. The number of hydrogen-bond acceptors (Lipinski definition) is 8. The summed E-state index contributed by atoms with van der Waals surface area (Å²) < 4.78 is 46.3. The lowest BCUT2D eigenvalue weighted by molar-refractivity contribution is 0.439. The number of nitrogens with zero attached hydrogens (tertiary/aromatic N) is 6. The highest BCUT2D eigenvalue weighted by molar-refractivity contribution is 7.92. The summed E-state index contributed by atoms with van der Waals surface area (Å²) in [4.78, 5) is 20.4. The quantitative estimate of drug-likeness (QED) is 0.177. The molecule has 1 aliphatic rings. The van der Waals surface area contributed by atoms with Crippen molar-refractivity contribution in [1.82, 2.24) is 24.5 Å². The minimum absolute atomic E-state index is 0.00222. The SMILES string of the molecule is Cc1cccc(S(=O)(=O)Nc2ccc(F)c(Nc3ncnc4cnc(-n5ccc6c(N7CCC(C)CC7)cccc65)nc34)c2P)c1Cl. The van der Waals surface area contributed by atoms with Gasteiger partial charge < -0.3 is 10.2 Å². The Labute approximate surface area is 278 Å². The molecule has 0 aliphatic carbocycles. The number of hydrogen-bond donors (Lipinski definition) is 2. The predicted octanol–water partition coefficient (Wildman–Crippen LogP) is 6.75. The lowest BCUT2D eigenvalue weighted by atomic mass is 9.98. The molecule has 3 aromatic heterocycles. The number of anilines is 4. The molecule has 4 heterocycles. The largest absolute Gasteiger partial charge is 0.371 e. The smallest absolute Gasteiger partial charge is 0.263 e. The number of sulfonamides is 1. The monoisotopic (exact) mass is 688 g/mol. The zero-order valence-electron chi connectivity index (χ0n) is 25.6. The van der Waals surface area contributed by atoms with Crippen LogP contribution in [0.2, 0.25) is 5.02 Å². The second kappa shape index (κ2) is 12.3. The van der Waals surface area contributed by atoms with E-state index in [1.807, 2.05) is 22.9 Å². The average Bonchev–Trinajstić information content (AvgIpc) is 3.50. The van der Waals surface area contributed by atoms with Crippen molar-refractivity contribution in [2.45, 2.75) is 31.6 Å². The maximum absolute atomic E-state index is 15.3. The fourth-order valence-corrected chi connectivity index (χ4v) is 8.00. The summed E-state index contributed by atoms with van der Waals surface area (Å²) in [5, 5.41) is 4.47. The summed E-state index contributed by atoms with van der Waals surface area (Å²) in [6, 6.07) is 15.6. The van der Waals surface area contributed by atoms with Crippen LogP contribution in [0.4, 0.5) is 27.3 Å². The van der Waals surface area contributed by atoms with Gasteiger partial charge in [-0.1, -0.05) is 36.7 Å². The van der Waals surface area contributed by atoms with Crippen molar-refractivity contribution in [2.75, 3.05) is 28.0 Å². The highest BCUT2D eigenvalue weighted by Gasteiger charge is 2.23. The molecule has 7 rings (SSSR count). The molecule has 0 bridgehead atoms. The average molecular weight is 689 g/mol. The Bertz CT molecular complexity index is 2280. The van der Waals surface area contributed by atoms with Crippen LogP contribution in [0.15, 0.2) is 78.2 Å². The van der Waals surface area contributed by atoms with Gasteiger partial charge in [0.05, 0.1) is 28.1 Å². The Hall–Kier alpha value is -4.38. The molecule has 240 valence electrons. The summed E-state index contributed by atoms with van der Waals surface area (Å²) >= 11 is 6.31. The first-order valence-electron chi connectivity index (χ1n) is 15.1. The molecule has 1 unspecified atom stereocenters. The number of aromatic nitrogens is 5. The van der Waals surface area contributed by atoms with Gasteiger partial charge in [0.25, 0.3) is 10.0 Å². The van der Waals surface area contributed by atoms with Crippen LogP contribution in [0.3, 0.4) is 0 Å². The minimum atomic E-state index is -4.09. The molecule has 14 heteroatoms. The Morgan fingerprint density at radius 1 is 1.02 bits per heavy atom. The highest BCUT2D eigenvalue weighted by Crippen LogP contribution is 2.33. The molecule has 1 saturated heterocycles. The standard InChI is InChI=1S/C33H31ClFN8O2PS/c1-19-11-14-42(15-12-19)25-6-4-7-26-21(25)13-16-43(26)33-36-17-24-30(40-33)32(38-18-37-24)39-29-22(35)9-10-23(31(29)46)41-47(44,45)27-8-3-5-20(2)28(27)34/h3-10,13,16-19,41H,11-12,14-15,46H2,1-2H3,(H,37,38,39). The fraction of sp³-hybridized carbons (Fsp3) is 0.212. The van der Waals surface area contributed by atoms with Gasteiger partial charge >= 0.3 is 0 Å². The third-order valence-electron chi connectivity index (χ3n) is 8.54. The summed E-state index contributed by atoms with van der Waals surface area (Å²) in [5.74, 6) is 0.732. The molecule has 1 atom stereocenters. The number of benzene rings is 3. The fourth-order valence-electron chi connectivity index (χ4n) is 5.86. The molecule has 0 saturated carbocycles. The first kappa shape index (κ1) is 31.2. The summed E-state index contributed by atoms with van der Waals surface area (Å²) in [6.07, 6.45) is 7.19. The van der Waals surface area contributed by atoms with E-state index in [4.69, 9.17) is 16.6 Å². The van der Waals surface area contributed by atoms with Gasteiger partial charge in [0.1, 0.15) is 28.1 Å². The summed E-state index contributed by atoms with van der Waals surface area (Å²) in [6.45, 7) is 6.05. The van der Waals surface area contributed by atoms with Crippen LogP contribution < -0.4 is 20.2 Å². The third-order valence-corrected chi connectivity index (χ3v) is 11.2. The van der Waals surface area contributed by atoms with E-state index in [1.165, 1.54) is 30.2 Å². The molecule has 0 amide bonds. The lowest BCUT2D eigenvalue weighted by Gasteiger charge is -2.32. The van der Waals surface area contributed by atoms with E-state index < -0.39 is 15.8 Å². The number of aryl methyl sites for hydroxylation is 1. The molecular weight excluding hydrogens is 658 g/mol. The second-order valence-corrected chi connectivity index (χ2v) is 14.3. The van der Waals surface area contributed by atoms with Crippen LogP contribution in [0.5, 0.6) is 0 Å². The van der Waals surface area contributed by atoms with E-state index in [0.717, 1.165) is 42.8 Å². The van der Waals surface area contributed by atoms with Gasteiger partial charge in [0, 0.05) is 35.7 Å². The Morgan fingerprint density at radius 2 is 1.81 bits per heavy atom. The van der Waals surface area contributed by atoms with Gasteiger partial charge in [-0.2, -0.15) is 0 Å². The molecule has 0 radical (unpaired) electrons. The molecule has 1 fully saturated rings. The van der Waals surface area contributed by atoms with Crippen molar-refractivity contribution in [1.29, 1.82) is 0 Å². The first-order valence-corrected chi connectivity index (χ1v) is 17.5. The summed E-state index contributed by atoms with van der Waals surface area (Å²) in [7, 11) is -1.69. The number of fused-ring (bicyclic) bond motifs is 2. The zero-order valence-corrected chi connectivity index (χ0v) is 28.3. The second-order valence-electron chi connectivity index (χ2n) is 11.7. The molecule has 10 nitrogen and oxygen atoms in total. The maximum Gasteiger partial charge on any atom is 0.263 e. The Kier molecular flexibility index (Phi) is 8.20. The van der Waals surface area contributed by atoms with E-state index in [-0.39, 0.29) is 32.4 Å². The molecule has 0 spiro atoms. The lowest BCUT2D eigenvalue weighted by Crippen LogP contribution is -2.32. The van der Waals surface area contributed by atoms with Crippen LogP contribution in [-0.2, 0) is 10.0 Å². The molecule has 2 N–H and O–H groups in total. The number of piperidine rings is 1. The van der Waals surface area contributed by atoms with Gasteiger partial charge in [-0.25, -0.2) is 32.7 Å². The van der Waals surface area contributed by atoms with Gasteiger partial charge in [0.15, 0.2) is 5.82 Å². The van der Waals surface area contributed by atoms with Gasteiger partial charge in [-0.15, -0.1) is 9.24 Å². The van der Waals surface area contributed by atoms with Crippen LogP contribution >= 0.6 is 20.8 Å². The topological polar surface area (TPSA) is 118 Å². The zero-order chi connectivity index (χ0) is 32.9. The Balaban J connectivity index is 1.24. The molecule has 6 aromatic rings. The Morgan fingerprint density at radius 3 is 2.62 bits per heavy atom. The van der Waals surface area contributed by atoms with Crippen molar-refractivity contribution in [2.24, 2.45) is 5.92 Å². The van der Waals surface area contributed by atoms with E-state index in [0.29, 0.717) is 22.5 Å². The van der Waals surface area contributed by atoms with Crippen LogP contribution in [0.25, 0.3) is 27.9 Å². The van der Waals surface area contributed by atoms with Gasteiger partial charge in [0.2, 0.25) is 5.95 Å². The van der Waals surface area contributed by atoms with Crippen LogP contribution in [-0.4, -0.2) is 46.0 Å². The highest BCUT2D eigenvalue weighted by atomic mass is 35.5. The normalized spacial score (nSPS) is 14.2. The van der Waals surface area contributed by atoms with Crippen LogP contribution in [0, 0.1) is 18.7 Å².